The molecule has 6 heterocycles. The number of carbonyl (C=O) groups is 3. The van der Waals surface area contributed by atoms with Gasteiger partial charge in [0, 0.05) is 32.4 Å². The van der Waals surface area contributed by atoms with Crippen molar-refractivity contribution in [1.82, 2.24) is 27.9 Å². The van der Waals surface area contributed by atoms with Crippen LogP contribution in [0.25, 0.3) is 33.4 Å². The molecule has 0 bridgehead atoms. The maximum absolute atomic E-state index is 12.7. The zero-order valence-corrected chi connectivity index (χ0v) is 27.0. The summed E-state index contributed by atoms with van der Waals surface area (Å²) < 4.78 is 14.7. The summed E-state index contributed by atoms with van der Waals surface area (Å²) in [5.41, 5.74) is 0.178. The molecule has 6 aromatic rings. The lowest BCUT2D eigenvalue weighted by Crippen LogP contribution is -2.31. The van der Waals surface area contributed by atoms with Crippen molar-refractivity contribution < 1.29 is 39.2 Å². The summed E-state index contributed by atoms with van der Waals surface area (Å²) in [5, 5.41) is 42.6. The number of aromatic nitrogens is 6. The van der Waals surface area contributed by atoms with Gasteiger partial charge in [0.15, 0.2) is 0 Å². The molecule has 0 unspecified atom stereocenters. The Balaban J connectivity index is 0.000000203. The quantitative estimate of drug-likeness (QED) is 0.114. The Morgan fingerprint density at radius 1 is 0.720 bits per heavy atom. The number of aliphatic hydroxyl groups is 2. The highest BCUT2D eigenvalue weighted by molar-refractivity contribution is 5.93. The SMILES string of the molecule is CC(=O)O.COC(=O)c1cc2c(=O)n3ccccc3nc2n(CCO)c1=N.COC(=O)c1cc2c(=O)n3ccccc3nc2n(CCO)c1=N. The minimum atomic E-state index is -0.833. The highest BCUT2D eigenvalue weighted by atomic mass is 16.5. The van der Waals surface area contributed by atoms with E-state index in [0.717, 1.165) is 6.92 Å². The molecule has 0 saturated heterocycles. The van der Waals surface area contributed by atoms with Crippen molar-refractivity contribution in [2.75, 3.05) is 27.4 Å². The molecule has 0 radical (unpaired) electrons. The van der Waals surface area contributed by atoms with Gasteiger partial charge >= 0.3 is 11.9 Å². The molecule has 0 spiro atoms. The Hall–Kier alpha value is -6.53. The number of methoxy groups -OCH3 is 2. The van der Waals surface area contributed by atoms with Crippen LogP contribution in [0.1, 0.15) is 27.6 Å². The average molecular weight is 689 g/mol. The molecule has 0 aliphatic carbocycles. The van der Waals surface area contributed by atoms with Gasteiger partial charge in [0.05, 0.1) is 38.2 Å². The van der Waals surface area contributed by atoms with Gasteiger partial charge < -0.3 is 33.9 Å². The largest absolute Gasteiger partial charge is 0.481 e. The molecule has 0 atom stereocenters. The standard InChI is InChI=1S/2C15H14N4O4.C2H4O2/c2*1-23-15(22)9-8-10-13(19(6-7-20)12(9)16)17-11-4-2-3-5-18(11)14(10)21;1-2(3)4/h2*2-5,8,16,20H,6-7H2,1H3;1H3,(H,3,4). The van der Waals surface area contributed by atoms with Crippen molar-refractivity contribution in [1.29, 1.82) is 10.8 Å². The van der Waals surface area contributed by atoms with Crippen LogP contribution < -0.4 is 22.1 Å². The zero-order chi connectivity index (χ0) is 36.7. The van der Waals surface area contributed by atoms with Crippen LogP contribution >= 0.6 is 0 Å². The number of carboxylic acid groups (broad SMARTS) is 1. The van der Waals surface area contributed by atoms with Crippen molar-refractivity contribution in [3.63, 3.8) is 0 Å². The van der Waals surface area contributed by atoms with Crippen molar-refractivity contribution in [3.8, 4) is 0 Å². The van der Waals surface area contributed by atoms with Crippen molar-refractivity contribution in [2.24, 2.45) is 0 Å². The lowest BCUT2D eigenvalue weighted by molar-refractivity contribution is -0.134. The Morgan fingerprint density at radius 2 is 1.08 bits per heavy atom. The van der Waals surface area contributed by atoms with Gasteiger partial charge in [-0.15, -0.1) is 0 Å². The molecule has 0 saturated carbocycles. The lowest BCUT2D eigenvalue weighted by Gasteiger charge is -2.12. The van der Waals surface area contributed by atoms with E-state index in [-0.39, 0.29) is 81.6 Å². The first-order valence-corrected chi connectivity index (χ1v) is 14.7. The van der Waals surface area contributed by atoms with Crippen LogP contribution in [-0.4, -0.2) is 88.6 Å². The van der Waals surface area contributed by atoms with E-state index in [1.807, 2.05) is 0 Å². The third-order valence-electron chi connectivity index (χ3n) is 7.09. The summed E-state index contributed by atoms with van der Waals surface area (Å²) in [7, 11) is 2.40. The minimum Gasteiger partial charge on any atom is -0.481 e. The lowest BCUT2D eigenvalue weighted by atomic mass is 10.2. The van der Waals surface area contributed by atoms with Gasteiger partial charge in [-0.2, -0.15) is 0 Å². The highest BCUT2D eigenvalue weighted by Gasteiger charge is 2.19. The van der Waals surface area contributed by atoms with Gasteiger partial charge in [0.1, 0.15) is 44.7 Å². The molecule has 0 aliphatic heterocycles. The van der Waals surface area contributed by atoms with E-state index in [9.17, 15) is 29.4 Å². The number of ether oxygens (including phenoxy) is 2. The van der Waals surface area contributed by atoms with Crippen LogP contribution in [0.5, 0.6) is 0 Å². The first-order chi connectivity index (χ1) is 23.9. The van der Waals surface area contributed by atoms with Crippen molar-refractivity contribution in [3.05, 3.63) is 104 Å². The first-order valence-electron chi connectivity index (χ1n) is 14.7. The molecule has 260 valence electrons. The molecular formula is C32H32N8O10. The normalized spacial score (nSPS) is 10.7. The Bertz CT molecular complexity index is 2340. The number of carboxylic acids is 1. The summed E-state index contributed by atoms with van der Waals surface area (Å²) in [6, 6.07) is 12.8. The van der Waals surface area contributed by atoms with E-state index < -0.39 is 17.9 Å². The topological polar surface area (TPSA) is 257 Å². The Labute approximate surface area is 280 Å². The van der Waals surface area contributed by atoms with Gasteiger partial charge in [0.2, 0.25) is 0 Å². The number of pyridine rings is 4. The highest BCUT2D eigenvalue weighted by Crippen LogP contribution is 2.12. The van der Waals surface area contributed by atoms with Gasteiger partial charge in [-0.1, -0.05) is 12.1 Å². The number of esters is 2. The number of fused-ring (bicyclic) bond motifs is 4. The van der Waals surface area contributed by atoms with Crippen LogP contribution in [0.2, 0.25) is 0 Å². The van der Waals surface area contributed by atoms with E-state index in [0.29, 0.717) is 11.3 Å². The molecule has 50 heavy (non-hydrogen) atoms. The molecule has 18 nitrogen and oxygen atoms in total. The van der Waals surface area contributed by atoms with E-state index in [1.165, 1.54) is 44.3 Å². The summed E-state index contributed by atoms with van der Waals surface area (Å²) in [6.07, 6.45) is 3.15. The first kappa shape index (κ1) is 36.3. The van der Waals surface area contributed by atoms with Gasteiger partial charge in [-0.3, -0.25) is 34.0 Å². The average Bonchev–Trinajstić information content (AvgIpc) is 3.10. The van der Waals surface area contributed by atoms with Crippen LogP contribution in [0, 0.1) is 10.8 Å². The maximum Gasteiger partial charge on any atom is 0.341 e. The summed E-state index contributed by atoms with van der Waals surface area (Å²) in [5.74, 6) is -2.28. The van der Waals surface area contributed by atoms with E-state index >= 15 is 0 Å². The minimum absolute atomic E-state index is 0.0373. The molecule has 5 N–H and O–H groups in total. The van der Waals surface area contributed by atoms with Crippen molar-refractivity contribution in [2.45, 2.75) is 20.0 Å². The number of nitrogens with one attached hydrogen (secondary N) is 2. The number of nitrogens with zero attached hydrogens (tertiary/aromatic N) is 6. The predicted molar refractivity (Wildman–Crippen MR) is 176 cm³/mol. The molecule has 0 aromatic carbocycles. The molecule has 6 aromatic heterocycles. The molecular weight excluding hydrogens is 656 g/mol. The number of hydrogen-bond donors (Lipinski definition) is 5. The van der Waals surface area contributed by atoms with Gasteiger partial charge in [0.25, 0.3) is 17.1 Å². The summed E-state index contributed by atoms with van der Waals surface area (Å²) in [4.78, 5) is 66.8. The second-order valence-electron chi connectivity index (χ2n) is 10.2. The zero-order valence-electron chi connectivity index (χ0n) is 27.0. The fourth-order valence-corrected chi connectivity index (χ4v) is 4.94. The molecule has 18 heteroatoms. The second-order valence-corrected chi connectivity index (χ2v) is 10.2. The van der Waals surface area contributed by atoms with Gasteiger partial charge in [-0.05, 0) is 36.4 Å². The number of aliphatic hydroxyl groups excluding tert-OH is 2. The second kappa shape index (κ2) is 15.6. The van der Waals surface area contributed by atoms with Crippen LogP contribution in [0.3, 0.4) is 0 Å². The number of rotatable bonds is 6. The molecule has 6 rings (SSSR count). The summed E-state index contributed by atoms with van der Waals surface area (Å²) in [6.45, 7) is 0.642. The Morgan fingerprint density at radius 3 is 1.40 bits per heavy atom. The number of aliphatic carboxylic acids is 1. The third-order valence-corrected chi connectivity index (χ3v) is 7.09. The predicted octanol–water partition coefficient (Wildman–Crippen LogP) is -0.0940. The fourth-order valence-electron chi connectivity index (χ4n) is 4.94. The smallest absolute Gasteiger partial charge is 0.341 e. The number of hydrogen-bond acceptors (Lipinski definition) is 13. The van der Waals surface area contributed by atoms with Crippen LogP contribution in [0.15, 0.2) is 70.5 Å². The third kappa shape index (κ3) is 7.15. The van der Waals surface area contributed by atoms with Gasteiger partial charge in [-0.25, -0.2) is 19.6 Å². The molecule has 0 fully saturated rings. The van der Waals surface area contributed by atoms with Crippen LogP contribution in [0.4, 0.5) is 0 Å². The monoisotopic (exact) mass is 688 g/mol. The fraction of sp³-hybridized carbons (Fsp3) is 0.219. The molecule has 0 aliphatic rings. The maximum atomic E-state index is 12.7. The number of carbonyl (C=O) groups excluding carboxylic acids is 2. The molecule has 0 amide bonds. The van der Waals surface area contributed by atoms with E-state index in [4.69, 9.17) is 20.7 Å². The van der Waals surface area contributed by atoms with Crippen molar-refractivity contribution >= 4 is 51.3 Å². The van der Waals surface area contributed by atoms with E-state index in [1.54, 1.807) is 48.8 Å². The Kier molecular flexibility index (Phi) is 11.3. The summed E-state index contributed by atoms with van der Waals surface area (Å²) >= 11 is 0. The van der Waals surface area contributed by atoms with Crippen LogP contribution in [-0.2, 0) is 27.4 Å². The van der Waals surface area contributed by atoms with E-state index in [2.05, 4.69) is 19.4 Å².